The van der Waals surface area contributed by atoms with Gasteiger partial charge < -0.3 is 10.6 Å². The molecule has 4 rings (SSSR count). The number of hydrogen-bond donors (Lipinski definition) is 2. The van der Waals surface area contributed by atoms with Crippen LogP contribution >= 0.6 is 11.6 Å². The highest BCUT2D eigenvalue weighted by Crippen LogP contribution is 2.34. The largest absolute Gasteiger partial charge is 0.332 e. The summed E-state index contributed by atoms with van der Waals surface area (Å²) in [5.74, 6) is 0.164. The average Bonchev–Trinajstić information content (AvgIpc) is 3.33. The minimum atomic E-state index is -0.297. The van der Waals surface area contributed by atoms with Crippen LogP contribution in [0.3, 0.4) is 0 Å². The van der Waals surface area contributed by atoms with E-state index in [1.807, 2.05) is 42.8 Å². The Hall–Kier alpha value is -3.56. The Morgan fingerprint density at radius 3 is 2.75 bits per heavy atom. The first kappa shape index (κ1) is 21.7. The van der Waals surface area contributed by atoms with Crippen molar-refractivity contribution in [2.75, 3.05) is 5.32 Å². The van der Waals surface area contributed by atoms with Crippen molar-refractivity contribution in [3.8, 4) is 11.8 Å². The number of carbonyl (C=O) groups is 1. The van der Waals surface area contributed by atoms with Crippen molar-refractivity contribution >= 4 is 23.3 Å². The molecule has 2 amide bonds. The van der Waals surface area contributed by atoms with Crippen LogP contribution < -0.4 is 10.6 Å². The fourth-order valence-electron chi connectivity index (χ4n) is 4.18. The van der Waals surface area contributed by atoms with Gasteiger partial charge in [-0.1, -0.05) is 35.9 Å². The second kappa shape index (κ2) is 8.89. The van der Waals surface area contributed by atoms with Crippen molar-refractivity contribution in [3.05, 3.63) is 87.7 Å². The molecule has 7 heteroatoms. The molecule has 1 aromatic heterocycles. The number of hydrogen-bond acceptors (Lipinski definition) is 3. The van der Waals surface area contributed by atoms with E-state index in [1.54, 1.807) is 24.3 Å². The van der Waals surface area contributed by atoms with Crippen molar-refractivity contribution < 1.29 is 4.79 Å². The van der Waals surface area contributed by atoms with E-state index in [0.717, 1.165) is 29.1 Å². The van der Waals surface area contributed by atoms with Gasteiger partial charge in [0.1, 0.15) is 0 Å². The van der Waals surface area contributed by atoms with Crippen LogP contribution in [0.4, 0.5) is 10.5 Å². The standard InChI is InChI=1S/C25H24ClN5O/c1-15-7-10-22(13-23(15)26)31-17(3)24(16(2)30-31)19-8-9-21(12-19)29-25(32)28-20-6-4-5-18(11-20)14-27/h4-11,13,19,21H,12H2,1-3H3,(H2,28,29,32). The number of aryl methyl sites for hydroxylation is 2. The van der Waals surface area contributed by atoms with Crippen LogP contribution in [0.1, 0.15) is 40.4 Å². The van der Waals surface area contributed by atoms with E-state index < -0.39 is 0 Å². The molecule has 2 N–H and O–H groups in total. The topological polar surface area (TPSA) is 82.7 Å². The van der Waals surface area contributed by atoms with E-state index in [0.29, 0.717) is 16.3 Å². The lowest BCUT2D eigenvalue weighted by Gasteiger charge is -2.15. The van der Waals surface area contributed by atoms with Crippen molar-refractivity contribution in [2.24, 2.45) is 0 Å². The third kappa shape index (κ3) is 4.39. The van der Waals surface area contributed by atoms with E-state index in [4.69, 9.17) is 22.0 Å². The molecule has 0 saturated carbocycles. The van der Waals surface area contributed by atoms with Crippen molar-refractivity contribution in [3.63, 3.8) is 0 Å². The minimum Gasteiger partial charge on any atom is -0.332 e. The molecule has 1 aliphatic carbocycles. The maximum atomic E-state index is 12.4. The quantitative estimate of drug-likeness (QED) is 0.516. The summed E-state index contributed by atoms with van der Waals surface area (Å²) in [6.45, 7) is 6.05. The first-order chi connectivity index (χ1) is 15.4. The first-order valence-electron chi connectivity index (χ1n) is 10.4. The van der Waals surface area contributed by atoms with Gasteiger partial charge in [-0.15, -0.1) is 0 Å². The van der Waals surface area contributed by atoms with E-state index in [-0.39, 0.29) is 18.0 Å². The minimum absolute atomic E-state index is 0.0879. The highest BCUT2D eigenvalue weighted by atomic mass is 35.5. The zero-order valence-electron chi connectivity index (χ0n) is 18.2. The Labute approximate surface area is 192 Å². The van der Waals surface area contributed by atoms with Gasteiger partial charge >= 0.3 is 6.03 Å². The van der Waals surface area contributed by atoms with Gasteiger partial charge in [-0.05, 0) is 63.1 Å². The van der Waals surface area contributed by atoms with Crippen molar-refractivity contribution in [1.82, 2.24) is 15.1 Å². The predicted octanol–water partition coefficient (Wildman–Crippen LogP) is 5.56. The lowest BCUT2D eigenvalue weighted by Crippen LogP contribution is -2.36. The predicted molar refractivity (Wildman–Crippen MR) is 126 cm³/mol. The fourth-order valence-corrected chi connectivity index (χ4v) is 4.35. The second-order valence-corrected chi connectivity index (χ2v) is 8.46. The maximum absolute atomic E-state index is 12.4. The lowest BCUT2D eigenvalue weighted by atomic mass is 9.96. The molecular weight excluding hydrogens is 422 g/mol. The molecule has 3 aromatic rings. The molecule has 1 aliphatic rings. The summed E-state index contributed by atoms with van der Waals surface area (Å²) in [7, 11) is 0. The smallest absolute Gasteiger partial charge is 0.319 e. The molecular formula is C25H24ClN5O. The molecule has 0 spiro atoms. The third-order valence-corrected chi connectivity index (χ3v) is 6.17. The number of aromatic nitrogens is 2. The summed E-state index contributed by atoms with van der Waals surface area (Å²) in [5, 5.41) is 20.3. The number of carbonyl (C=O) groups excluding carboxylic acids is 1. The Morgan fingerprint density at radius 1 is 1.19 bits per heavy atom. The van der Waals surface area contributed by atoms with E-state index in [1.165, 1.54) is 5.56 Å². The van der Waals surface area contributed by atoms with Crippen LogP contribution in [0.5, 0.6) is 0 Å². The summed E-state index contributed by atoms with van der Waals surface area (Å²) >= 11 is 6.32. The molecule has 1 heterocycles. The Balaban J connectivity index is 1.45. The first-order valence-corrected chi connectivity index (χ1v) is 10.8. The number of rotatable bonds is 4. The molecule has 2 aromatic carbocycles. The number of urea groups is 1. The van der Waals surface area contributed by atoms with Gasteiger partial charge in [0, 0.05) is 33.9 Å². The molecule has 0 fully saturated rings. The van der Waals surface area contributed by atoms with Gasteiger partial charge in [0.15, 0.2) is 0 Å². The summed E-state index contributed by atoms with van der Waals surface area (Å²) in [6, 6.07) is 14.5. The van der Waals surface area contributed by atoms with Gasteiger partial charge in [-0.2, -0.15) is 10.4 Å². The highest BCUT2D eigenvalue weighted by molar-refractivity contribution is 6.31. The molecule has 2 atom stereocenters. The summed E-state index contributed by atoms with van der Waals surface area (Å²) < 4.78 is 1.93. The van der Waals surface area contributed by atoms with Crippen LogP contribution in [-0.2, 0) is 0 Å². The van der Waals surface area contributed by atoms with E-state index >= 15 is 0 Å². The normalized spacial score (nSPS) is 17.2. The van der Waals surface area contributed by atoms with E-state index in [9.17, 15) is 4.79 Å². The molecule has 6 nitrogen and oxygen atoms in total. The number of benzene rings is 2. The molecule has 2 unspecified atom stereocenters. The van der Waals surface area contributed by atoms with Gasteiger partial charge in [0.2, 0.25) is 0 Å². The number of nitrogens with zero attached hydrogens (tertiary/aromatic N) is 3. The van der Waals surface area contributed by atoms with Gasteiger partial charge in [0.05, 0.1) is 23.0 Å². The zero-order chi connectivity index (χ0) is 22.8. The number of allylic oxidation sites excluding steroid dienone is 1. The fraction of sp³-hybridized carbons (Fsp3) is 0.240. The lowest BCUT2D eigenvalue weighted by molar-refractivity contribution is 0.250. The molecule has 0 saturated heterocycles. The Morgan fingerprint density at radius 2 is 2.00 bits per heavy atom. The molecule has 0 radical (unpaired) electrons. The highest BCUT2D eigenvalue weighted by Gasteiger charge is 2.27. The van der Waals surface area contributed by atoms with Crippen LogP contribution in [-0.4, -0.2) is 21.9 Å². The van der Waals surface area contributed by atoms with Gasteiger partial charge in [0.25, 0.3) is 0 Å². The summed E-state index contributed by atoms with van der Waals surface area (Å²) in [6.07, 6.45) is 4.91. The monoisotopic (exact) mass is 445 g/mol. The number of anilines is 1. The molecule has 0 bridgehead atoms. The second-order valence-electron chi connectivity index (χ2n) is 8.05. The SMILES string of the molecule is Cc1ccc(-n2nc(C)c(C3C=CC(NC(=O)Nc4cccc(C#N)c4)C3)c2C)cc1Cl. The summed E-state index contributed by atoms with van der Waals surface area (Å²) in [5.41, 5.74) is 6.25. The van der Waals surface area contributed by atoms with Gasteiger partial charge in [-0.25, -0.2) is 9.48 Å². The molecule has 32 heavy (non-hydrogen) atoms. The van der Waals surface area contributed by atoms with Crippen molar-refractivity contribution in [2.45, 2.75) is 39.2 Å². The Bertz CT molecular complexity index is 1250. The van der Waals surface area contributed by atoms with E-state index in [2.05, 4.69) is 29.7 Å². The number of nitrogens with one attached hydrogen (secondary N) is 2. The number of amides is 2. The number of nitriles is 1. The van der Waals surface area contributed by atoms with Gasteiger partial charge in [-0.3, -0.25) is 0 Å². The van der Waals surface area contributed by atoms with Crippen LogP contribution in [0.2, 0.25) is 5.02 Å². The average molecular weight is 446 g/mol. The third-order valence-electron chi connectivity index (χ3n) is 5.77. The zero-order valence-corrected chi connectivity index (χ0v) is 18.9. The van der Waals surface area contributed by atoms with Crippen LogP contribution in [0.15, 0.2) is 54.6 Å². The van der Waals surface area contributed by atoms with Crippen LogP contribution in [0.25, 0.3) is 5.69 Å². The molecule has 162 valence electrons. The summed E-state index contributed by atoms with van der Waals surface area (Å²) in [4.78, 5) is 12.4. The number of halogens is 1. The van der Waals surface area contributed by atoms with Crippen LogP contribution in [0, 0.1) is 32.1 Å². The molecule has 0 aliphatic heterocycles. The van der Waals surface area contributed by atoms with Crippen molar-refractivity contribution in [1.29, 1.82) is 5.26 Å². The maximum Gasteiger partial charge on any atom is 0.319 e. The Kier molecular flexibility index (Phi) is 6.02.